The molecule has 2 atom stereocenters. The van der Waals surface area contributed by atoms with E-state index in [9.17, 15) is 5.11 Å². The molecular formula is C11H21NO. The van der Waals surface area contributed by atoms with Gasteiger partial charge in [0, 0.05) is 18.6 Å². The molecule has 2 rings (SSSR count). The molecule has 2 fully saturated rings. The van der Waals surface area contributed by atoms with Crippen molar-refractivity contribution >= 4 is 0 Å². The molecule has 2 aliphatic rings. The second-order valence-electron chi connectivity index (χ2n) is 5.02. The maximum atomic E-state index is 9.84. The molecule has 2 nitrogen and oxygen atoms in total. The molecule has 1 aliphatic carbocycles. The molecule has 1 heterocycles. The van der Waals surface area contributed by atoms with E-state index in [2.05, 4.69) is 18.7 Å². The van der Waals surface area contributed by atoms with Crippen molar-refractivity contribution in [1.29, 1.82) is 0 Å². The maximum Gasteiger partial charge on any atom is 0.0707 e. The van der Waals surface area contributed by atoms with Crippen molar-refractivity contribution in [3.05, 3.63) is 0 Å². The van der Waals surface area contributed by atoms with Crippen LogP contribution in [0.15, 0.2) is 0 Å². The van der Waals surface area contributed by atoms with Gasteiger partial charge in [-0.05, 0) is 31.6 Å². The fourth-order valence-corrected chi connectivity index (χ4v) is 2.50. The Morgan fingerprint density at radius 3 is 2.54 bits per heavy atom. The van der Waals surface area contributed by atoms with Crippen molar-refractivity contribution in [2.45, 2.75) is 57.7 Å². The molecule has 0 radical (unpaired) electrons. The fraction of sp³-hybridized carbons (Fsp3) is 1.00. The van der Waals surface area contributed by atoms with Crippen LogP contribution in [0.4, 0.5) is 0 Å². The number of aliphatic hydroxyl groups is 1. The van der Waals surface area contributed by atoms with Gasteiger partial charge < -0.3 is 5.11 Å². The van der Waals surface area contributed by atoms with Crippen molar-refractivity contribution in [3.8, 4) is 0 Å². The molecule has 0 amide bonds. The Labute approximate surface area is 80.9 Å². The zero-order chi connectivity index (χ0) is 9.42. The van der Waals surface area contributed by atoms with Gasteiger partial charge in [0.25, 0.3) is 0 Å². The van der Waals surface area contributed by atoms with Gasteiger partial charge in [-0.1, -0.05) is 13.8 Å². The van der Waals surface area contributed by atoms with Crippen molar-refractivity contribution in [3.63, 3.8) is 0 Å². The molecule has 2 heteroatoms. The minimum absolute atomic E-state index is 0.0528. The lowest BCUT2D eigenvalue weighted by Crippen LogP contribution is -2.37. The van der Waals surface area contributed by atoms with E-state index in [0.717, 1.165) is 25.4 Å². The SMILES string of the molecule is CC(C)CC1C(O)CCN1C1CC1. The summed E-state index contributed by atoms with van der Waals surface area (Å²) < 4.78 is 0. The largest absolute Gasteiger partial charge is 0.391 e. The van der Waals surface area contributed by atoms with Gasteiger partial charge in [-0.3, -0.25) is 4.90 Å². The average Bonchev–Trinajstić information content (AvgIpc) is 2.81. The lowest BCUT2D eigenvalue weighted by atomic mass is 10.00. The molecule has 2 unspecified atom stereocenters. The highest BCUT2D eigenvalue weighted by Gasteiger charge is 2.41. The minimum atomic E-state index is -0.0528. The second kappa shape index (κ2) is 3.58. The third-order valence-corrected chi connectivity index (χ3v) is 3.28. The summed E-state index contributed by atoms with van der Waals surface area (Å²) >= 11 is 0. The molecule has 1 aliphatic heterocycles. The fourth-order valence-electron chi connectivity index (χ4n) is 2.50. The van der Waals surface area contributed by atoms with Crippen molar-refractivity contribution < 1.29 is 5.11 Å². The second-order valence-corrected chi connectivity index (χ2v) is 5.02. The number of hydrogen-bond donors (Lipinski definition) is 1. The van der Waals surface area contributed by atoms with Crippen LogP contribution in [0.3, 0.4) is 0 Å². The number of likely N-dealkylation sites (tertiary alicyclic amines) is 1. The summed E-state index contributed by atoms with van der Waals surface area (Å²) in [5.41, 5.74) is 0. The molecular weight excluding hydrogens is 162 g/mol. The van der Waals surface area contributed by atoms with E-state index in [1.54, 1.807) is 0 Å². The van der Waals surface area contributed by atoms with Crippen LogP contribution in [0, 0.1) is 5.92 Å². The number of rotatable bonds is 3. The summed E-state index contributed by atoms with van der Waals surface area (Å²) in [6.45, 7) is 5.62. The topological polar surface area (TPSA) is 23.5 Å². The van der Waals surface area contributed by atoms with Gasteiger partial charge in [0.2, 0.25) is 0 Å². The van der Waals surface area contributed by atoms with Gasteiger partial charge in [0.15, 0.2) is 0 Å². The quantitative estimate of drug-likeness (QED) is 0.719. The smallest absolute Gasteiger partial charge is 0.0707 e. The Morgan fingerprint density at radius 2 is 2.00 bits per heavy atom. The van der Waals surface area contributed by atoms with Crippen molar-refractivity contribution in [2.75, 3.05) is 6.54 Å². The van der Waals surface area contributed by atoms with Gasteiger partial charge in [-0.25, -0.2) is 0 Å². The van der Waals surface area contributed by atoms with Crippen molar-refractivity contribution in [1.82, 2.24) is 4.90 Å². The highest BCUT2D eigenvalue weighted by Crippen LogP contribution is 2.35. The summed E-state index contributed by atoms with van der Waals surface area (Å²) in [5, 5.41) is 9.84. The van der Waals surface area contributed by atoms with Gasteiger partial charge in [0.1, 0.15) is 0 Å². The zero-order valence-electron chi connectivity index (χ0n) is 8.74. The van der Waals surface area contributed by atoms with E-state index in [-0.39, 0.29) is 6.10 Å². The van der Waals surface area contributed by atoms with Crippen LogP contribution < -0.4 is 0 Å². The molecule has 0 aromatic heterocycles. The Morgan fingerprint density at radius 1 is 1.31 bits per heavy atom. The molecule has 0 aromatic rings. The highest BCUT2D eigenvalue weighted by molar-refractivity contribution is 4.96. The average molecular weight is 183 g/mol. The summed E-state index contributed by atoms with van der Waals surface area (Å²) in [6, 6.07) is 1.29. The van der Waals surface area contributed by atoms with E-state index >= 15 is 0 Å². The normalized spacial score (nSPS) is 36.0. The highest BCUT2D eigenvalue weighted by atomic mass is 16.3. The number of aliphatic hydroxyl groups excluding tert-OH is 1. The first-order chi connectivity index (χ1) is 6.18. The summed E-state index contributed by atoms with van der Waals surface area (Å²) in [4.78, 5) is 2.55. The Hall–Kier alpha value is -0.0800. The van der Waals surface area contributed by atoms with Crippen LogP contribution in [0.25, 0.3) is 0 Å². The first-order valence-corrected chi connectivity index (χ1v) is 5.62. The van der Waals surface area contributed by atoms with Crippen LogP contribution in [0.1, 0.15) is 39.5 Å². The zero-order valence-corrected chi connectivity index (χ0v) is 8.74. The summed E-state index contributed by atoms with van der Waals surface area (Å²) in [5.74, 6) is 0.707. The van der Waals surface area contributed by atoms with Crippen LogP contribution in [0.2, 0.25) is 0 Å². The maximum absolute atomic E-state index is 9.84. The molecule has 1 saturated heterocycles. The number of nitrogens with zero attached hydrogens (tertiary/aromatic N) is 1. The summed E-state index contributed by atoms with van der Waals surface area (Å²) in [7, 11) is 0. The molecule has 0 aromatic carbocycles. The predicted molar refractivity (Wildman–Crippen MR) is 53.6 cm³/mol. The Balaban J connectivity index is 1.94. The third-order valence-electron chi connectivity index (χ3n) is 3.28. The first-order valence-electron chi connectivity index (χ1n) is 5.62. The predicted octanol–water partition coefficient (Wildman–Crippen LogP) is 1.63. The monoisotopic (exact) mass is 183 g/mol. The number of hydrogen-bond acceptors (Lipinski definition) is 2. The van der Waals surface area contributed by atoms with E-state index in [1.807, 2.05) is 0 Å². The van der Waals surface area contributed by atoms with E-state index < -0.39 is 0 Å². The lowest BCUT2D eigenvalue weighted by Gasteiger charge is -2.27. The van der Waals surface area contributed by atoms with Crippen LogP contribution in [-0.4, -0.2) is 34.7 Å². The van der Waals surface area contributed by atoms with Gasteiger partial charge in [-0.2, -0.15) is 0 Å². The molecule has 0 spiro atoms. The molecule has 13 heavy (non-hydrogen) atoms. The molecule has 1 saturated carbocycles. The van der Waals surface area contributed by atoms with Crippen LogP contribution in [-0.2, 0) is 0 Å². The summed E-state index contributed by atoms with van der Waals surface area (Å²) in [6.07, 6.45) is 4.83. The molecule has 0 bridgehead atoms. The Bertz CT molecular complexity index is 177. The van der Waals surface area contributed by atoms with E-state index in [4.69, 9.17) is 0 Å². The van der Waals surface area contributed by atoms with Gasteiger partial charge in [0.05, 0.1) is 6.10 Å². The minimum Gasteiger partial charge on any atom is -0.391 e. The van der Waals surface area contributed by atoms with E-state index in [1.165, 1.54) is 12.8 Å². The third kappa shape index (κ3) is 2.05. The van der Waals surface area contributed by atoms with Crippen LogP contribution in [0.5, 0.6) is 0 Å². The standard InChI is InChI=1S/C11H21NO/c1-8(2)7-10-11(13)5-6-12(10)9-3-4-9/h8-11,13H,3-7H2,1-2H3. The lowest BCUT2D eigenvalue weighted by molar-refractivity contribution is 0.0979. The molecule has 1 N–H and O–H groups in total. The van der Waals surface area contributed by atoms with Crippen LogP contribution >= 0.6 is 0 Å². The van der Waals surface area contributed by atoms with E-state index in [0.29, 0.717) is 12.0 Å². The molecule has 76 valence electrons. The van der Waals surface area contributed by atoms with Gasteiger partial charge >= 0.3 is 0 Å². The van der Waals surface area contributed by atoms with Gasteiger partial charge in [-0.15, -0.1) is 0 Å². The first kappa shape index (κ1) is 9.47. The Kier molecular flexibility index (Phi) is 2.61. The van der Waals surface area contributed by atoms with Crippen molar-refractivity contribution in [2.24, 2.45) is 5.92 Å².